The third kappa shape index (κ3) is 5.70. The van der Waals surface area contributed by atoms with Crippen molar-refractivity contribution >= 4 is 23.4 Å². The molecule has 1 aliphatic rings. The van der Waals surface area contributed by atoms with Crippen molar-refractivity contribution in [1.82, 2.24) is 15.1 Å². The van der Waals surface area contributed by atoms with Crippen molar-refractivity contribution in [3.05, 3.63) is 53.5 Å². The molecule has 1 aromatic heterocycles. The lowest BCUT2D eigenvalue weighted by atomic mass is 10.1. The smallest absolute Gasteiger partial charge is 0.286 e. The van der Waals surface area contributed by atoms with E-state index in [2.05, 4.69) is 10.6 Å². The summed E-state index contributed by atoms with van der Waals surface area (Å²) >= 11 is 0. The van der Waals surface area contributed by atoms with Crippen LogP contribution >= 0.6 is 0 Å². The van der Waals surface area contributed by atoms with Gasteiger partial charge >= 0.3 is 0 Å². The van der Waals surface area contributed by atoms with Gasteiger partial charge in [-0.2, -0.15) is 0 Å². The van der Waals surface area contributed by atoms with Crippen LogP contribution in [0.5, 0.6) is 0 Å². The van der Waals surface area contributed by atoms with E-state index in [0.29, 0.717) is 32.7 Å². The Hall–Kier alpha value is -3.13. The first-order valence-electron chi connectivity index (χ1n) is 10.1. The fourth-order valence-electron chi connectivity index (χ4n) is 3.49. The molecule has 2 aromatic rings. The minimum Gasteiger partial charge on any atom is -0.459 e. The van der Waals surface area contributed by atoms with Crippen molar-refractivity contribution in [3.8, 4) is 0 Å². The summed E-state index contributed by atoms with van der Waals surface area (Å²) in [7, 11) is 0. The van der Waals surface area contributed by atoms with Gasteiger partial charge in [-0.1, -0.05) is 18.2 Å². The molecule has 1 saturated heterocycles. The second kappa shape index (κ2) is 10.1. The highest BCUT2D eigenvalue weighted by atomic mass is 16.3. The van der Waals surface area contributed by atoms with Crippen LogP contribution in [0.3, 0.4) is 0 Å². The van der Waals surface area contributed by atoms with E-state index in [0.717, 1.165) is 16.8 Å². The topological polar surface area (TPSA) is 94.9 Å². The van der Waals surface area contributed by atoms with Crippen LogP contribution < -0.4 is 10.6 Å². The van der Waals surface area contributed by atoms with E-state index in [1.165, 1.54) is 6.26 Å². The van der Waals surface area contributed by atoms with Gasteiger partial charge in [-0.25, -0.2) is 0 Å². The monoisotopic (exact) mass is 412 g/mol. The van der Waals surface area contributed by atoms with Crippen molar-refractivity contribution in [3.63, 3.8) is 0 Å². The molecule has 0 unspecified atom stereocenters. The Labute approximate surface area is 176 Å². The van der Waals surface area contributed by atoms with Crippen LogP contribution in [0.15, 0.2) is 41.0 Å². The highest BCUT2D eigenvalue weighted by Gasteiger charge is 2.22. The van der Waals surface area contributed by atoms with Crippen LogP contribution in [-0.4, -0.2) is 66.8 Å². The molecule has 0 aliphatic carbocycles. The van der Waals surface area contributed by atoms with Gasteiger partial charge in [0.25, 0.3) is 5.91 Å². The first kappa shape index (κ1) is 21.6. The van der Waals surface area contributed by atoms with Crippen LogP contribution in [0, 0.1) is 13.8 Å². The summed E-state index contributed by atoms with van der Waals surface area (Å²) < 4.78 is 5.02. The number of piperazine rings is 1. The lowest BCUT2D eigenvalue weighted by Gasteiger charge is -2.34. The fourth-order valence-corrected chi connectivity index (χ4v) is 3.49. The predicted octanol–water partition coefficient (Wildman–Crippen LogP) is 1.80. The third-order valence-electron chi connectivity index (χ3n) is 5.21. The maximum atomic E-state index is 12.4. The van der Waals surface area contributed by atoms with Crippen molar-refractivity contribution < 1.29 is 18.8 Å². The number of hydrogen-bond acceptors (Lipinski definition) is 5. The lowest BCUT2D eigenvalue weighted by Crippen LogP contribution is -2.50. The molecule has 0 spiro atoms. The molecule has 0 bridgehead atoms. The molecule has 3 amide bonds. The maximum Gasteiger partial charge on any atom is 0.286 e. The van der Waals surface area contributed by atoms with E-state index >= 15 is 0 Å². The first-order valence-corrected chi connectivity index (χ1v) is 10.1. The zero-order valence-electron chi connectivity index (χ0n) is 17.4. The number of furan rings is 1. The predicted molar refractivity (Wildman–Crippen MR) is 113 cm³/mol. The molecule has 1 aromatic carbocycles. The molecule has 3 rings (SSSR count). The molecular formula is C22H28N4O4. The number of hydrogen-bond donors (Lipinski definition) is 2. The van der Waals surface area contributed by atoms with Gasteiger partial charge in [-0.05, 0) is 37.1 Å². The summed E-state index contributed by atoms with van der Waals surface area (Å²) in [5.74, 6) is -0.148. The summed E-state index contributed by atoms with van der Waals surface area (Å²) in [4.78, 5) is 40.4. The summed E-state index contributed by atoms with van der Waals surface area (Å²) in [6, 6.07) is 9.14. The number of carbonyl (C=O) groups is 3. The SMILES string of the molecule is Cc1cccc(C)c1NC(=O)CN1CCN(C(=O)CCNC(=O)c2ccco2)CC1. The number of benzene rings is 1. The van der Waals surface area contributed by atoms with Gasteiger partial charge in [-0.15, -0.1) is 0 Å². The normalized spacial score (nSPS) is 14.4. The second-order valence-electron chi connectivity index (χ2n) is 7.46. The van der Waals surface area contributed by atoms with Crippen LogP contribution in [0.25, 0.3) is 0 Å². The molecule has 8 heteroatoms. The average molecular weight is 412 g/mol. The Balaban J connectivity index is 1.37. The number of aryl methyl sites for hydroxylation is 2. The minimum absolute atomic E-state index is 0.00520. The highest BCUT2D eigenvalue weighted by molar-refractivity contribution is 5.94. The quantitative estimate of drug-likeness (QED) is 0.723. The molecule has 2 N–H and O–H groups in total. The van der Waals surface area contributed by atoms with Gasteiger partial charge in [0.1, 0.15) is 0 Å². The lowest BCUT2D eigenvalue weighted by molar-refractivity contribution is -0.132. The van der Waals surface area contributed by atoms with E-state index in [9.17, 15) is 14.4 Å². The Bertz CT molecular complexity index is 866. The number of amides is 3. The third-order valence-corrected chi connectivity index (χ3v) is 5.21. The van der Waals surface area contributed by atoms with E-state index in [1.54, 1.807) is 17.0 Å². The average Bonchev–Trinajstić information content (AvgIpc) is 3.26. The summed E-state index contributed by atoms with van der Waals surface area (Å²) in [5, 5.41) is 5.68. The van der Waals surface area contributed by atoms with Gasteiger partial charge in [0.2, 0.25) is 11.8 Å². The standard InChI is InChI=1S/C22H28N4O4/c1-16-5-3-6-17(2)21(16)24-19(27)15-25-10-12-26(13-11-25)20(28)8-9-23-22(29)18-7-4-14-30-18/h3-7,14H,8-13,15H2,1-2H3,(H,23,29)(H,24,27). The Morgan fingerprint density at radius 3 is 2.33 bits per heavy atom. The molecular weight excluding hydrogens is 384 g/mol. The molecule has 8 nitrogen and oxygen atoms in total. The number of nitrogens with one attached hydrogen (secondary N) is 2. The van der Waals surface area contributed by atoms with Crippen molar-refractivity contribution in [1.29, 1.82) is 0 Å². The molecule has 2 heterocycles. The molecule has 1 fully saturated rings. The second-order valence-corrected chi connectivity index (χ2v) is 7.46. The molecule has 1 aliphatic heterocycles. The van der Waals surface area contributed by atoms with Gasteiger partial charge in [0.15, 0.2) is 5.76 Å². The fraction of sp³-hybridized carbons (Fsp3) is 0.409. The number of carbonyl (C=O) groups excluding carboxylic acids is 3. The van der Waals surface area contributed by atoms with Gasteiger partial charge in [0.05, 0.1) is 12.8 Å². The summed E-state index contributed by atoms with van der Waals surface area (Å²) in [6.07, 6.45) is 1.67. The van der Waals surface area contributed by atoms with E-state index in [1.807, 2.05) is 36.9 Å². The van der Waals surface area contributed by atoms with E-state index in [4.69, 9.17) is 4.42 Å². The molecule has 30 heavy (non-hydrogen) atoms. The molecule has 0 radical (unpaired) electrons. The summed E-state index contributed by atoms with van der Waals surface area (Å²) in [5.41, 5.74) is 2.95. The van der Waals surface area contributed by atoms with E-state index in [-0.39, 0.29) is 36.4 Å². The Morgan fingerprint density at radius 2 is 1.70 bits per heavy atom. The van der Waals surface area contributed by atoms with Gasteiger partial charge < -0.3 is 20.0 Å². The van der Waals surface area contributed by atoms with Crippen molar-refractivity contribution in [2.75, 3.05) is 44.6 Å². The number of nitrogens with zero attached hydrogens (tertiary/aromatic N) is 2. The van der Waals surface area contributed by atoms with Crippen LogP contribution in [0.2, 0.25) is 0 Å². The Morgan fingerprint density at radius 1 is 1.00 bits per heavy atom. The molecule has 160 valence electrons. The van der Waals surface area contributed by atoms with Crippen LogP contribution in [0.1, 0.15) is 28.1 Å². The zero-order valence-corrected chi connectivity index (χ0v) is 17.4. The zero-order chi connectivity index (χ0) is 21.5. The van der Waals surface area contributed by atoms with E-state index < -0.39 is 0 Å². The number of rotatable bonds is 7. The highest BCUT2D eigenvalue weighted by Crippen LogP contribution is 2.19. The molecule has 0 saturated carbocycles. The van der Waals surface area contributed by atoms with Crippen molar-refractivity contribution in [2.45, 2.75) is 20.3 Å². The van der Waals surface area contributed by atoms with Crippen LogP contribution in [0.4, 0.5) is 5.69 Å². The van der Waals surface area contributed by atoms with Gasteiger partial charge in [0, 0.05) is 44.8 Å². The van der Waals surface area contributed by atoms with Crippen molar-refractivity contribution in [2.24, 2.45) is 0 Å². The minimum atomic E-state index is -0.326. The first-order chi connectivity index (χ1) is 14.4. The maximum absolute atomic E-state index is 12.4. The van der Waals surface area contributed by atoms with Gasteiger partial charge in [-0.3, -0.25) is 19.3 Å². The number of anilines is 1. The Kier molecular flexibility index (Phi) is 7.24. The largest absolute Gasteiger partial charge is 0.459 e. The number of para-hydroxylation sites is 1. The molecule has 0 atom stereocenters. The van der Waals surface area contributed by atoms with Crippen LogP contribution in [-0.2, 0) is 9.59 Å². The summed E-state index contributed by atoms with van der Waals surface area (Å²) in [6.45, 7) is 6.94.